The molecule has 1 heterocycles. The Balaban J connectivity index is 1.94. The van der Waals surface area contributed by atoms with Crippen molar-refractivity contribution in [3.63, 3.8) is 0 Å². The van der Waals surface area contributed by atoms with Crippen molar-refractivity contribution in [3.05, 3.63) is 36.4 Å². The number of benzene rings is 1. The summed E-state index contributed by atoms with van der Waals surface area (Å²) in [6.07, 6.45) is 7.59. The van der Waals surface area contributed by atoms with E-state index in [1.54, 1.807) is 11.9 Å². The molecule has 0 saturated heterocycles. The molecule has 0 spiro atoms. The first kappa shape index (κ1) is 15.1. The fraction of sp³-hybridized carbons (Fsp3) is 0.500. The third kappa shape index (κ3) is 2.87. The summed E-state index contributed by atoms with van der Waals surface area (Å²) in [5.74, 6) is 0.664. The highest BCUT2D eigenvalue weighted by molar-refractivity contribution is 6.12. The number of fused-ring (bicyclic) bond motifs is 1. The number of rotatable bonds is 1. The Morgan fingerprint density at radius 2 is 1.86 bits per heavy atom. The van der Waals surface area contributed by atoms with Gasteiger partial charge in [0.1, 0.15) is 5.84 Å². The van der Waals surface area contributed by atoms with E-state index in [2.05, 4.69) is 23.5 Å². The summed E-state index contributed by atoms with van der Waals surface area (Å²) in [6, 6.07) is 8.46. The van der Waals surface area contributed by atoms with Gasteiger partial charge < -0.3 is 9.80 Å². The highest BCUT2D eigenvalue weighted by atomic mass is 16.2. The number of carbonyl (C=O) groups excluding carboxylic acids is 1. The van der Waals surface area contributed by atoms with Crippen molar-refractivity contribution in [2.24, 2.45) is 4.99 Å². The number of benzodiazepines with no additional fused rings is 1. The third-order valence-corrected chi connectivity index (χ3v) is 4.77. The van der Waals surface area contributed by atoms with Crippen LogP contribution in [0.25, 0.3) is 0 Å². The van der Waals surface area contributed by atoms with Crippen LogP contribution in [0, 0.1) is 6.54 Å². The molecule has 2 aliphatic rings. The quantitative estimate of drug-likeness (QED) is 0.747. The van der Waals surface area contributed by atoms with Gasteiger partial charge in [0.25, 0.3) is 5.91 Å². The van der Waals surface area contributed by atoms with Crippen LogP contribution in [0.1, 0.15) is 44.1 Å². The minimum atomic E-state index is -0.197. The number of para-hydroxylation sites is 1. The Labute approximate surface area is 132 Å². The zero-order chi connectivity index (χ0) is 15.5. The van der Waals surface area contributed by atoms with Gasteiger partial charge in [0.2, 0.25) is 6.54 Å². The molecule has 1 amide bonds. The van der Waals surface area contributed by atoms with Crippen molar-refractivity contribution in [2.45, 2.75) is 44.6 Å². The molecule has 22 heavy (non-hydrogen) atoms. The first-order chi connectivity index (χ1) is 10.7. The largest absolute Gasteiger partial charge is 0.356 e. The van der Waals surface area contributed by atoms with E-state index in [0.717, 1.165) is 17.1 Å². The second-order valence-electron chi connectivity index (χ2n) is 6.18. The van der Waals surface area contributed by atoms with E-state index in [-0.39, 0.29) is 5.91 Å². The lowest BCUT2D eigenvalue weighted by atomic mass is 10.0. The molecule has 1 aromatic carbocycles. The lowest BCUT2D eigenvalue weighted by Crippen LogP contribution is -2.37. The number of hydrogen-bond acceptors (Lipinski definition) is 3. The fourth-order valence-electron chi connectivity index (χ4n) is 3.39. The molecular formula is C18H23N3O. The Hall–Kier alpha value is -1.84. The number of nitrogens with zero attached hydrogens (tertiary/aromatic N) is 3. The van der Waals surface area contributed by atoms with Crippen LogP contribution in [0.3, 0.4) is 0 Å². The summed E-state index contributed by atoms with van der Waals surface area (Å²) in [5.41, 5.74) is 1.91. The van der Waals surface area contributed by atoms with Gasteiger partial charge in [-0.05, 0) is 25.0 Å². The van der Waals surface area contributed by atoms with Crippen LogP contribution in [-0.2, 0) is 4.79 Å². The second-order valence-corrected chi connectivity index (χ2v) is 6.18. The summed E-state index contributed by atoms with van der Waals surface area (Å²) in [5, 5.41) is 0. The van der Waals surface area contributed by atoms with Crippen molar-refractivity contribution < 1.29 is 4.79 Å². The predicted octanol–water partition coefficient (Wildman–Crippen LogP) is 3.10. The Kier molecular flexibility index (Phi) is 4.46. The molecule has 2 radical (unpaired) electrons. The number of hydrogen-bond donors (Lipinski definition) is 0. The number of amidine groups is 1. The van der Waals surface area contributed by atoms with Crippen LogP contribution in [0.5, 0.6) is 0 Å². The topological polar surface area (TPSA) is 35.9 Å². The first-order valence-corrected chi connectivity index (χ1v) is 8.12. The van der Waals surface area contributed by atoms with Gasteiger partial charge in [-0.15, -0.1) is 0 Å². The summed E-state index contributed by atoms with van der Waals surface area (Å²) >= 11 is 0. The van der Waals surface area contributed by atoms with Crippen LogP contribution in [0.2, 0.25) is 0 Å². The molecule has 3 rings (SSSR count). The van der Waals surface area contributed by atoms with Gasteiger partial charge in [-0.2, -0.15) is 0 Å². The average molecular weight is 297 g/mol. The molecule has 0 aromatic heterocycles. The standard InChI is InChI=1S/C18H23N3O/c1-20(14-9-5-3-4-6-10-14)18-15-11-7-8-12-16(15)21(2)17(22)13-19-18/h7-8,11-12,14H,3-6,9-10H2,1-2H3. The van der Waals surface area contributed by atoms with Crippen LogP contribution in [0.15, 0.2) is 29.3 Å². The van der Waals surface area contributed by atoms with E-state index >= 15 is 0 Å². The first-order valence-electron chi connectivity index (χ1n) is 8.12. The van der Waals surface area contributed by atoms with Gasteiger partial charge in [-0.1, -0.05) is 37.8 Å². The van der Waals surface area contributed by atoms with Crippen LogP contribution >= 0.6 is 0 Å². The minimum Gasteiger partial charge on any atom is -0.356 e. The Bertz CT molecular complexity index is 573. The summed E-state index contributed by atoms with van der Waals surface area (Å²) in [4.78, 5) is 20.3. The normalized spacial score (nSPS) is 20.0. The maximum atomic E-state index is 12.1. The minimum absolute atomic E-state index is 0.197. The van der Waals surface area contributed by atoms with Crippen molar-refractivity contribution in [2.75, 3.05) is 19.0 Å². The molecule has 116 valence electrons. The zero-order valence-electron chi connectivity index (χ0n) is 13.4. The summed E-state index contributed by atoms with van der Waals surface area (Å²) in [7, 11) is 3.88. The van der Waals surface area contributed by atoms with Gasteiger partial charge in [-0.3, -0.25) is 4.79 Å². The monoisotopic (exact) mass is 297 g/mol. The van der Waals surface area contributed by atoms with Gasteiger partial charge in [0.05, 0.1) is 5.69 Å². The zero-order valence-corrected chi connectivity index (χ0v) is 13.4. The van der Waals surface area contributed by atoms with Crippen molar-refractivity contribution in [1.82, 2.24) is 4.90 Å². The van der Waals surface area contributed by atoms with E-state index in [4.69, 9.17) is 0 Å². The Morgan fingerprint density at radius 3 is 2.59 bits per heavy atom. The van der Waals surface area contributed by atoms with E-state index in [1.807, 2.05) is 24.3 Å². The van der Waals surface area contributed by atoms with E-state index in [1.165, 1.54) is 38.5 Å². The van der Waals surface area contributed by atoms with Gasteiger partial charge in [0.15, 0.2) is 0 Å². The van der Waals surface area contributed by atoms with E-state index < -0.39 is 0 Å². The molecule has 1 aliphatic carbocycles. The summed E-state index contributed by atoms with van der Waals surface area (Å²) in [6.45, 7) is 2.66. The lowest BCUT2D eigenvalue weighted by molar-refractivity contribution is -0.115. The van der Waals surface area contributed by atoms with Crippen molar-refractivity contribution >= 4 is 17.4 Å². The van der Waals surface area contributed by atoms with Gasteiger partial charge in [0, 0.05) is 25.7 Å². The number of amides is 1. The third-order valence-electron chi connectivity index (χ3n) is 4.77. The smallest absolute Gasteiger partial charge is 0.261 e. The average Bonchev–Trinajstić information content (AvgIpc) is 2.88. The molecule has 0 unspecified atom stereocenters. The highest BCUT2D eigenvalue weighted by Crippen LogP contribution is 2.28. The van der Waals surface area contributed by atoms with Crippen molar-refractivity contribution in [1.29, 1.82) is 0 Å². The van der Waals surface area contributed by atoms with E-state index in [0.29, 0.717) is 6.04 Å². The number of anilines is 1. The van der Waals surface area contributed by atoms with E-state index in [9.17, 15) is 4.79 Å². The van der Waals surface area contributed by atoms with Gasteiger partial charge in [-0.25, -0.2) is 4.99 Å². The number of aliphatic imine (C=N–C) groups is 1. The molecule has 4 heteroatoms. The SMILES string of the molecule is CN1C(=O)[C]N=C(N(C)C2CCCCCC2)c2ccccc21. The van der Waals surface area contributed by atoms with Crippen LogP contribution in [0.4, 0.5) is 5.69 Å². The second kappa shape index (κ2) is 6.51. The fourth-order valence-corrected chi connectivity index (χ4v) is 3.39. The van der Waals surface area contributed by atoms with Gasteiger partial charge >= 0.3 is 0 Å². The number of likely N-dealkylation sites (N-methyl/N-ethyl adjacent to an activating group) is 1. The lowest BCUT2D eigenvalue weighted by Gasteiger charge is -2.31. The molecule has 4 nitrogen and oxygen atoms in total. The molecule has 1 aromatic rings. The molecule has 0 N–H and O–H groups in total. The summed E-state index contributed by atoms with van der Waals surface area (Å²) < 4.78 is 0. The molecule has 1 saturated carbocycles. The molecular weight excluding hydrogens is 274 g/mol. The Morgan fingerprint density at radius 1 is 1.18 bits per heavy atom. The molecule has 0 bridgehead atoms. The molecule has 0 atom stereocenters. The van der Waals surface area contributed by atoms with Crippen LogP contribution < -0.4 is 4.90 Å². The number of carbonyl (C=O) groups is 1. The molecule has 1 fully saturated rings. The predicted molar refractivity (Wildman–Crippen MR) is 88.9 cm³/mol. The van der Waals surface area contributed by atoms with Crippen molar-refractivity contribution in [3.8, 4) is 0 Å². The van der Waals surface area contributed by atoms with Crippen LogP contribution in [-0.4, -0.2) is 36.8 Å². The highest BCUT2D eigenvalue weighted by Gasteiger charge is 2.27. The molecule has 1 aliphatic heterocycles. The maximum absolute atomic E-state index is 12.1. The maximum Gasteiger partial charge on any atom is 0.261 e.